The van der Waals surface area contributed by atoms with Crippen molar-refractivity contribution in [3.05, 3.63) is 0 Å². The summed E-state index contributed by atoms with van der Waals surface area (Å²) >= 11 is 0. The van der Waals surface area contributed by atoms with Gasteiger partial charge in [0.1, 0.15) is 12.4 Å². The summed E-state index contributed by atoms with van der Waals surface area (Å²) < 4.78 is 9.95. The van der Waals surface area contributed by atoms with E-state index in [4.69, 9.17) is 4.74 Å². The summed E-state index contributed by atoms with van der Waals surface area (Å²) in [7, 11) is 1.24. The van der Waals surface area contributed by atoms with E-state index >= 15 is 0 Å². The van der Waals surface area contributed by atoms with Gasteiger partial charge in [0.25, 0.3) is 0 Å². The van der Waals surface area contributed by atoms with Crippen molar-refractivity contribution in [1.82, 2.24) is 0 Å². The Kier molecular flexibility index (Phi) is 9.60. The first-order valence-electron chi connectivity index (χ1n) is 7.31. The average molecular weight is 318 g/mol. The number of aldehydes is 1. The molecule has 5 atom stereocenters. The van der Waals surface area contributed by atoms with Gasteiger partial charge in [0, 0.05) is 6.42 Å². The van der Waals surface area contributed by atoms with Gasteiger partial charge in [-0.15, -0.1) is 0 Å². The third-order valence-electron chi connectivity index (χ3n) is 3.57. The van der Waals surface area contributed by atoms with Gasteiger partial charge in [-0.25, -0.2) is 0 Å². The Morgan fingerprint density at radius 3 is 2.23 bits per heavy atom. The highest BCUT2D eigenvalue weighted by atomic mass is 16.6. The number of methoxy groups -OCH3 is 1. The Balaban J connectivity index is 4.87. The molecule has 0 spiro atoms. The van der Waals surface area contributed by atoms with Crippen LogP contribution in [0.3, 0.4) is 0 Å². The smallest absolute Gasteiger partial charge is 0.312 e. The van der Waals surface area contributed by atoms with E-state index in [9.17, 15) is 24.6 Å². The standard InChI is InChI=1S/C15H26O7/c1-9(6-5-7-16)14(10(2)15(20)21-4)22-13(19)8-12(18)11(3)17/h7,9-12,14,17-18H,5-6,8H2,1-4H3/t9-,10+,11+,12+,14+/m0/s1. The summed E-state index contributed by atoms with van der Waals surface area (Å²) in [6, 6.07) is 0. The summed E-state index contributed by atoms with van der Waals surface area (Å²) in [5.74, 6) is -2.16. The van der Waals surface area contributed by atoms with Crippen molar-refractivity contribution >= 4 is 18.2 Å². The van der Waals surface area contributed by atoms with Crippen molar-refractivity contribution in [2.45, 2.75) is 58.3 Å². The van der Waals surface area contributed by atoms with Crippen LogP contribution >= 0.6 is 0 Å². The van der Waals surface area contributed by atoms with E-state index in [0.29, 0.717) is 12.8 Å². The van der Waals surface area contributed by atoms with Gasteiger partial charge in [-0.3, -0.25) is 9.59 Å². The van der Waals surface area contributed by atoms with Gasteiger partial charge >= 0.3 is 11.9 Å². The molecule has 0 fully saturated rings. The zero-order chi connectivity index (χ0) is 17.3. The van der Waals surface area contributed by atoms with E-state index in [2.05, 4.69) is 4.74 Å². The van der Waals surface area contributed by atoms with Crippen LogP contribution in [0.4, 0.5) is 0 Å². The molecule has 0 saturated heterocycles. The first-order valence-corrected chi connectivity index (χ1v) is 7.31. The maximum atomic E-state index is 11.8. The number of hydrogen-bond acceptors (Lipinski definition) is 7. The summed E-state index contributed by atoms with van der Waals surface area (Å²) in [5, 5.41) is 18.7. The fourth-order valence-electron chi connectivity index (χ4n) is 2.07. The van der Waals surface area contributed by atoms with Gasteiger partial charge in [0.15, 0.2) is 0 Å². The Hall–Kier alpha value is -1.47. The van der Waals surface area contributed by atoms with Crippen LogP contribution in [0.5, 0.6) is 0 Å². The van der Waals surface area contributed by atoms with Crippen LogP contribution < -0.4 is 0 Å². The minimum Gasteiger partial charge on any atom is -0.469 e. The predicted molar refractivity (Wildman–Crippen MR) is 77.8 cm³/mol. The number of carbonyl (C=O) groups excluding carboxylic acids is 3. The normalized spacial score (nSPS) is 17.7. The molecule has 0 rings (SSSR count). The minimum atomic E-state index is -1.23. The summed E-state index contributed by atoms with van der Waals surface area (Å²) in [4.78, 5) is 34.0. The molecule has 7 nitrogen and oxygen atoms in total. The maximum absolute atomic E-state index is 11.8. The average Bonchev–Trinajstić information content (AvgIpc) is 2.48. The second-order valence-electron chi connectivity index (χ2n) is 5.50. The molecule has 0 aromatic rings. The second kappa shape index (κ2) is 10.3. The first kappa shape index (κ1) is 20.5. The van der Waals surface area contributed by atoms with Gasteiger partial charge < -0.3 is 24.5 Å². The Labute approximate surface area is 130 Å². The molecule has 0 amide bonds. The lowest BCUT2D eigenvalue weighted by molar-refractivity contribution is -0.165. The molecule has 128 valence electrons. The quantitative estimate of drug-likeness (QED) is 0.444. The third-order valence-corrected chi connectivity index (χ3v) is 3.57. The van der Waals surface area contributed by atoms with Crippen molar-refractivity contribution in [3.63, 3.8) is 0 Å². The Bertz CT molecular complexity index is 367. The minimum absolute atomic E-state index is 0.230. The number of aliphatic hydroxyl groups is 2. The van der Waals surface area contributed by atoms with E-state index in [1.165, 1.54) is 14.0 Å². The summed E-state index contributed by atoms with van der Waals surface area (Å²) in [5.41, 5.74) is 0. The fourth-order valence-corrected chi connectivity index (χ4v) is 2.07. The zero-order valence-electron chi connectivity index (χ0n) is 13.5. The molecule has 0 radical (unpaired) electrons. The highest BCUT2D eigenvalue weighted by molar-refractivity contribution is 5.74. The molecule has 0 unspecified atom stereocenters. The molecule has 0 heterocycles. The molecule has 0 aromatic carbocycles. The molecule has 0 aliphatic heterocycles. The van der Waals surface area contributed by atoms with Crippen molar-refractivity contribution in [1.29, 1.82) is 0 Å². The summed E-state index contributed by atoms with van der Waals surface area (Å²) in [6.07, 6.45) is -1.91. The largest absolute Gasteiger partial charge is 0.469 e. The topological polar surface area (TPSA) is 110 Å². The van der Waals surface area contributed by atoms with Gasteiger partial charge in [0.05, 0.1) is 31.7 Å². The van der Waals surface area contributed by atoms with Crippen molar-refractivity contribution in [3.8, 4) is 0 Å². The number of esters is 2. The highest BCUT2D eigenvalue weighted by Gasteiger charge is 2.33. The number of aliphatic hydroxyl groups excluding tert-OH is 2. The zero-order valence-corrected chi connectivity index (χ0v) is 13.5. The predicted octanol–water partition coefficient (Wildman–Crippen LogP) is 0.454. The number of hydrogen-bond donors (Lipinski definition) is 2. The lowest BCUT2D eigenvalue weighted by Crippen LogP contribution is -2.38. The molecular formula is C15H26O7. The monoisotopic (exact) mass is 318 g/mol. The second-order valence-corrected chi connectivity index (χ2v) is 5.50. The fraction of sp³-hybridized carbons (Fsp3) is 0.800. The third kappa shape index (κ3) is 7.00. The van der Waals surface area contributed by atoms with E-state index in [-0.39, 0.29) is 12.3 Å². The Morgan fingerprint density at radius 2 is 1.77 bits per heavy atom. The van der Waals surface area contributed by atoms with Gasteiger partial charge in [-0.1, -0.05) is 6.92 Å². The SMILES string of the molecule is COC(=O)[C@H](C)[C@H](OC(=O)C[C@@H](O)[C@@H](C)O)[C@@H](C)CCC=O. The van der Waals surface area contributed by atoms with Gasteiger partial charge in [-0.05, 0) is 26.2 Å². The van der Waals surface area contributed by atoms with Crippen LogP contribution in [0.15, 0.2) is 0 Å². The van der Waals surface area contributed by atoms with E-state index in [0.717, 1.165) is 6.29 Å². The summed E-state index contributed by atoms with van der Waals surface area (Å²) in [6.45, 7) is 4.71. The molecule has 22 heavy (non-hydrogen) atoms. The first-order chi connectivity index (χ1) is 10.2. The van der Waals surface area contributed by atoms with Crippen molar-refractivity contribution in [2.75, 3.05) is 7.11 Å². The Morgan fingerprint density at radius 1 is 1.18 bits per heavy atom. The van der Waals surface area contributed by atoms with E-state index in [1.807, 2.05) is 0 Å². The molecular weight excluding hydrogens is 292 g/mol. The number of rotatable bonds is 10. The number of carbonyl (C=O) groups is 3. The molecule has 0 aliphatic rings. The van der Waals surface area contributed by atoms with E-state index in [1.54, 1.807) is 13.8 Å². The van der Waals surface area contributed by atoms with Gasteiger partial charge in [-0.2, -0.15) is 0 Å². The van der Waals surface area contributed by atoms with Crippen molar-refractivity contribution in [2.24, 2.45) is 11.8 Å². The highest BCUT2D eigenvalue weighted by Crippen LogP contribution is 2.23. The van der Waals surface area contributed by atoms with Crippen molar-refractivity contribution < 1.29 is 34.1 Å². The van der Waals surface area contributed by atoms with E-state index < -0.39 is 36.2 Å². The van der Waals surface area contributed by atoms with Crippen LogP contribution in [0.25, 0.3) is 0 Å². The maximum Gasteiger partial charge on any atom is 0.312 e. The molecule has 7 heteroatoms. The van der Waals surface area contributed by atoms with Crippen LogP contribution in [-0.2, 0) is 23.9 Å². The van der Waals surface area contributed by atoms with Gasteiger partial charge in [0.2, 0.25) is 0 Å². The van der Waals surface area contributed by atoms with Crippen LogP contribution in [0.2, 0.25) is 0 Å². The molecule has 0 bridgehead atoms. The molecule has 0 saturated carbocycles. The lowest BCUT2D eigenvalue weighted by atomic mass is 9.90. The molecule has 2 N–H and O–H groups in total. The molecule has 0 aromatic heterocycles. The lowest BCUT2D eigenvalue weighted by Gasteiger charge is -2.28. The van der Waals surface area contributed by atoms with Crippen LogP contribution in [-0.4, -0.2) is 53.9 Å². The van der Waals surface area contributed by atoms with Crippen LogP contribution in [0.1, 0.15) is 40.0 Å². The van der Waals surface area contributed by atoms with Crippen LogP contribution in [0, 0.1) is 11.8 Å². The molecule has 0 aliphatic carbocycles. The number of ether oxygens (including phenoxy) is 2.